The first-order chi connectivity index (χ1) is 8.89. The largest absolute Gasteiger partial charge is 0.481 e. The van der Waals surface area contributed by atoms with E-state index in [1.165, 1.54) is 6.92 Å². The Kier molecular flexibility index (Phi) is 5.31. The molecule has 1 unspecified atom stereocenters. The van der Waals surface area contributed by atoms with E-state index in [9.17, 15) is 14.7 Å². The topological polar surface area (TPSA) is 116 Å². The monoisotopic (exact) mass is 270 g/mol. The number of carbonyl (C=O) groups is 2. The lowest BCUT2D eigenvalue weighted by Crippen LogP contribution is -2.46. The van der Waals surface area contributed by atoms with Crippen LogP contribution in [0.15, 0.2) is 18.5 Å². The minimum atomic E-state index is -1.47. The van der Waals surface area contributed by atoms with Crippen LogP contribution in [-0.4, -0.2) is 50.7 Å². The molecule has 1 rings (SSSR count). The summed E-state index contributed by atoms with van der Waals surface area (Å²) in [6.07, 6.45) is 2.99. The minimum absolute atomic E-state index is 0.132. The molecule has 0 saturated heterocycles. The molecule has 1 aromatic rings. The summed E-state index contributed by atoms with van der Waals surface area (Å²) in [6, 6.07) is 1.32. The number of nitrogens with one attached hydrogen (secondary N) is 2. The van der Waals surface area contributed by atoms with E-state index in [1.54, 1.807) is 23.1 Å². The van der Waals surface area contributed by atoms with Crippen LogP contribution in [0.3, 0.4) is 0 Å². The second kappa shape index (κ2) is 6.74. The Morgan fingerprint density at radius 3 is 2.74 bits per heavy atom. The maximum atomic E-state index is 11.4. The summed E-state index contributed by atoms with van der Waals surface area (Å²) in [6.45, 7) is 2.14. The lowest BCUT2D eigenvalue weighted by molar-refractivity contribution is -0.141. The quantitative estimate of drug-likeness (QED) is 0.528. The van der Waals surface area contributed by atoms with Crippen molar-refractivity contribution in [2.45, 2.75) is 25.5 Å². The number of hydrogen-bond acceptors (Lipinski definition) is 4. The summed E-state index contributed by atoms with van der Waals surface area (Å²) >= 11 is 0. The summed E-state index contributed by atoms with van der Waals surface area (Å²) in [4.78, 5) is 21.9. The van der Waals surface area contributed by atoms with Gasteiger partial charge in [-0.05, 0) is 13.0 Å². The van der Waals surface area contributed by atoms with Crippen molar-refractivity contribution in [1.82, 2.24) is 20.4 Å². The molecule has 0 aliphatic carbocycles. The van der Waals surface area contributed by atoms with E-state index in [2.05, 4.69) is 15.7 Å². The van der Waals surface area contributed by atoms with Gasteiger partial charge in [-0.3, -0.25) is 9.48 Å². The van der Waals surface area contributed by atoms with Gasteiger partial charge in [0.15, 0.2) is 0 Å². The maximum Gasteiger partial charge on any atom is 0.314 e. The number of amides is 2. The highest BCUT2D eigenvalue weighted by molar-refractivity contribution is 5.74. The van der Waals surface area contributed by atoms with Crippen LogP contribution in [-0.2, 0) is 11.3 Å². The first-order valence-corrected chi connectivity index (χ1v) is 5.82. The number of urea groups is 1. The fourth-order valence-corrected chi connectivity index (χ4v) is 1.44. The molecule has 0 radical (unpaired) electrons. The highest BCUT2D eigenvalue weighted by atomic mass is 16.4. The van der Waals surface area contributed by atoms with E-state index in [0.717, 1.165) is 0 Å². The Balaban J connectivity index is 2.18. The molecule has 0 saturated carbocycles. The molecule has 8 heteroatoms. The third kappa shape index (κ3) is 6.41. The van der Waals surface area contributed by atoms with Crippen LogP contribution in [0.1, 0.15) is 13.3 Å². The average Bonchev–Trinajstić information content (AvgIpc) is 2.78. The maximum absolute atomic E-state index is 11.4. The average molecular weight is 270 g/mol. The predicted molar refractivity (Wildman–Crippen MR) is 66.5 cm³/mol. The summed E-state index contributed by atoms with van der Waals surface area (Å²) in [7, 11) is 0. The molecule has 0 aliphatic heterocycles. The number of aromatic nitrogens is 2. The van der Waals surface area contributed by atoms with Crippen LogP contribution in [0.25, 0.3) is 0 Å². The van der Waals surface area contributed by atoms with Gasteiger partial charge >= 0.3 is 12.0 Å². The lowest BCUT2D eigenvalue weighted by Gasteiger charge is -2.21. The number of carboxylic acids is 1. The van der Waals surface area contributed by atoms with E-state index in [0.29, 0.717) is 13.1 Å². The molecule has 8 nitrogen and oxygen atoms in total. The molecule has 2 amide bonds. The number of aliphatic carboxylic acids is 1. The summed E-state index contributed by atoms with van der Waals surface area (Å²) in [5, 5.41) is 27.2. The first-order valence-electron chi connectivity index (χ1n) is 5.82. The van der Waals surface area contributed by atoms with Crippen molar-refractivity contribution in [1.29, 1.82) is 0 Å². The normalized spacial score (nSPS) is 13.6. The molecule has 19 heavy (non-hydrogen) atoms. The van der Waals surface area contributed by atoms with Crippen LogP contribution in [0, 0.1) is 0 Å². The standard InChI is InChI=1S/C11H18N4O4/c1-11(19,7-9(16)17)8-13-10(18)12-4-6-15-5-2-3-14-15/h2-3,5,19H,4,6-8H2,1H3,(H,16,17)(H2,12,13,18). The number of rotatable bonds is 7. The highest BCUT2D eigenvalue weighted by Crippen LogP contribution is 2.06. The molecule has 0 aromatic carbocycles. The third-order valence-electron chi connectivity index (χ3n) is 2.35. The molecule has 0 spiro atoms. The Morgan fingerprint density at radius 2 is 2.16 bits per heavy atom. The van der Waals surface area contributed by atoms with Gasteiger partial charge < -0.3 is 20.8 Å². The zero-order valence-corrected chi connectivity index (χ0v) is 10.7. The smallest absolute Gasteiger partial charge is 0.314 e. The molecular weight excluding hydrogens is 252 g/mol. The third-order valence-corrected chi connectivity index (χ3v) is 2.35. The molecular formula is C11H18N4O4. The molecule has 106 valence electrons. The Morgan fingerprint density at radius 1 is 1.42 bits per heavy atom. The predicted octanol–water partition coefficient (Wildman–Crippen LogP) is -0.592. The molecule has 0 bridgehead atoms. The zero-order valence-electron chi connectivity index (χ0n) is 10.7. The molecule has 0 fully saturated rings. The second-order valence-electron chi connectivity index (χ2n) is 4.45. The van der Waals surface area contributed by atoms with Crippen LogP contribution in [0.4, 0.5) is 4.79 Å². The molecule has 4 N–H and O–H groups in total. The van der Waals surface area contributed by atoms with Crippen molar-refractivity contribution in [2.24, 2.45) is 0 Å². The molecule has 1 atom stereocenters. The van der Waals surface area contributed by atoms with Crippen molar-refractivity contribution in [3.8, 4) is 0 Å². The van der Waals surface area contributed by atoms with Crippen LogP contribution < -0.4 is 10.6 Å². The van der Waals surface area contributed by atoms with Crippen LogP contribution in [0.5, 0.6) is 0 Å². The van der Waals surface area contributed by atoms with E-state index in [4.69, 9.17) is 5.11 Å². The van der Waals surface area contributed by atoms with Gasteiger partial charge in [0.25, 0.3) is 0 Å². The van der Waals surface area contributed by atoms with Crippen LogP contribution >= 0.6 is 0 Å². The summed E-state index contributed by atoms with van der Waals surface area (Å²) in [5.41, 5.74) is -1.47. The summed E-state index contributed by atoms with van der Waals surface area (Å²) in [5.74, 6) is -1.12. The Bertz CT molecular complexity index is 416. The van der Waals surface area contributed by atoms with E-state index in [-0.39, 0.29) is 6.54 Å². The van der Waals surface area contributed by atoms with Crippen LogP contribution in [0.2, 0.25) is 0 Å². The van der Waals surface area contributed by atoms with Crippen molar-refractivity contribution >= 4 is 12.0 Å². The van der Waals surface area contributed by atoms with Crippen molar-refractivity contribution in [3.05, 3.63) is 18.5 Å². The van der Waals surface area contributed by atoms with E-state index < -0.39 is 24.0 Å². The zero-order chi connectivity index (χ0) is 14.3. The van der Waals surface area contributed by atoms with Crippen molar-refractivity contribution in [3.63, 3.8) is 0 Å². The summed E-state index contributed by atoms with van der Waals surface area (Å²) < 4.78 is 1.67. The van der Waals surface area contributed by atoms with Gasteiger partial charge in [-0.15, -0.1) is 0 Å². The van der Waals surface area contributed by atoms with E-state index >= 15 is 0 Å². The highest BCUT2D eigenvalue weighted by Gasteiger charge is 2.24. The fraction of sp³-hybridized carbons (Fsp3) is 0.545. The van der Waals surface area contributed by atoms with Gasteiger partial charge in [0.05, 0.1) is 18.6 Å². The minimum Gasteiger partial charge on any atom is -0.481 e. The van der Waals surface area contributed by atoms with Gasteiger partial charge in [0.2, 0.25) is 0 Å². The van der Waals surface area contributed by atoms with Gasteiger partial charge in [0.1, 0.15) is 0 Å². The van der Waals surface area contributed by atoms with Gasteiger partial charge in [-0.1, -0.05) is 0 Å². The van der Waals surface area contributed by atoms with Gasteiger partial charge in [-0.2, -0.15) is 5.10 Å². The number of carbonyl (C=O) groups excluding carboxylic acids is 1. The number of aliphatic hydroxyl groups is 1. The van der Waals surface area contributed by atoms with E-state index in [1.807, 2.05) is 0 Å². The van der Waals surface area contributed by atoms with Crippen molar-refractivity contribution in [2.75, 3.05) is 13.1 Å². The second-order valence-corrected chi connectivity index (χ2v) is 4.45. The fourth-order valence-electron chi connectivity index (χ4n) is 1.44. The van der Waals surface area contributed by atoms with Gasteiger partial charge in [-0.25, -0.2) is 4.79 Å². The number of hydrogen-bond donors (Lipinski definition) is 4. The van der Waals surface area contributed by atoms with Gasteiger partial charge in [0, 0.05) is 25.5 Å². The number of carboxylic acid groups (broad SMARTS) is 1. The van der Waals surface area contributed by atoms with Crippen molar-refractivity contribution < 1.29 is 19.8 Å². The Hall–Kier alpha value is -2.09. The lowest BCUT2D eigenvalue weighted by atomic mass is 10.0. The Labute approximate surface area is 110 Å². The molecule has 1 aromatic heterocycles. The molecule has 1 heterocycles. The molecule has 0 aliphatic rings. The SMILES string of the molecule is CC(O)(CNC(=O)NCCn1cccn1)CC(=O)O. The first kappa shape index (κ1) is 15.0. The number of nitrogens with zero attached hydrogens (tertiary/aromatic N) is 2.